The van der Waals surface area contributed by atoms with Gasteiger partial charge >= 0.3 is 0 Å². The minimum absolute atomic E-state index is 0.296. The van der Waals surface area contributed by atoms with Crippen LogP contribution in [0.2, 0.25) is 0 Å². The van der Waals surface area contributed by atoms with Gasteiger partial charge in [0.25, 0.3) is 0 Å². The molecular weight excluding hydrogens is 250 g/mol. The van der Waals surface area contributed by atoms with E-state index in [-0.39, 0.29) is 0 Å². The Morgan fingerprint density at radius 2 is 2.10 bits per heavy atom. The number of benzene rings is 1. The maximum absolute atomic E-state index is 9.45. The van der Waals surface area contributed by atoms with Gasteiger partial charge in [0.1, 0.15) is 11.4 Å². The predicted octanol–water partition coefficient (Wildman–Crippen LogP) is 2.54. The van der Waals surface area contributed by atoms with Crippen LogP contribution in [0, 0.1) is 11.8 Å². The van der Waals surface area contributed by atoms with Crippen LogP contribution in [-0.4, -0.2) is 33.8 Å². The summed E-state index contributed by atoms with van der Waals surface area (Å²) in [5, 5.41) is 18.9. The van der Waals surface area contributed by atoms with Crippen LogP contribution < -0.4 is 0 Å². The highest BCUT2D eigenvalue weighted by Crippen LogP contribution is 2.12. The second-order valence-corrected chi connectivity index (χ2v) is 5.23. The van der Waals surface area contributed by atoms with Crippen LogP contribution in [0.25, 0.3) is 0 Å². The van der Waals surface area contributed by atoms with Crippen LogP contribution in [-0.2, 0) is 6.54 Å². The summed E-state index contributed by atoms with van der Waals surface area (Å²) in [6, 6.07) is 7.30. The van der Waals surface area contributed by atoms with Crippen LogP contribution in [0.4, 0.5) is 0 Å². The number of nitrogens with zero attached hydrogens (tertiary/aromatic N) is 1. The highest BCUT2D eigenvalue weighted by molar-refractivity contribution is 5.27. The smallest absolute Gasteiger partial charge is 0.120 e. The number of allylic oxidation sites excluding steroid dienone is 1. The molecule has 0 bridgehead atoms. The Hall–Kier alpha value is -1.76. The number of hydrogen-bond acceptors (Lipinski definition) is 3. The first-order chi connectivity index (χ1) is 9.40. The molecule has 0 saturated heterocycles. The van der Waals surface area contributed by atoms with E-state index < -0.39 is 5.60 Å². The number of aromatic hydroxyl groups is 1. The molecular formula is C17H23NO2. The van der Waals surface area contributed by atoms with E-state index >= 15 is 0 Å². The zero-order valence-electron chi connectivity index (χ0n) is 12.4. The SMILES string of the molecule is CCN(C/C=C/C#CC(C)(C)O)Cc1cccc(O)c1. The van der Waals surface area contributed by atoms with Gasteiger partial charge in [-0.2, -0.15) is 0 Å². The molecule has 3 nitrogen and oxygen atoms in total. The number of likely N-dealkylation sites (N-methyl/N-ethyl adjacent to an activating group) is 1. The molecule has 0 atom stereocenters. The molecule has 0 unspecified atom stereocenters. The van der Waals surface area contributed by atoms with Crippen molar-refractivity contribution in [2.24, 2.45) is 0 Å². The largest absolute Gasteiger partial charge is 0.508 e. The number of aliphatic hydroxyl groups is 1. The third kappa shape index (κ3) is 6.98. The molecule has 0 aliphatic heterocycles. The van der Waals surface area contributed by atoms with Crippen molar-refractivity contribution in [1.29, 1.82) is 0 Å². The highest BCUT2D eigenvalue weighted by atomic mass is 16.3. The highest BCUT2D eigenvalue weighted by Gasteiger charge is 2.05. The summed E-state index contributed by atoms with van der Waals surface area (Å²) in [6.07, 6.45) is 3.74. The second-order valence-electron chi connectivity index (χ2n) is 5.23. The minimum atomic E-state index is -0.948. The summed E-state index contributed by atoms with van der Waals surface area (Å²) in [5.74, 6) is 5.86. The Labute approximate surface area is 121 Å². The fourth-order valence-corrected chi connectivity index (χ4v) is 1.70. The van der Waals surface area contributed by atoms with Gasteiger partial charge in [-0.15, -0.1) is 0 Å². The third-order valence-electron chi connectivity index (χ3n) is 2.71. The Morgan fingerprint density at radius 3 is 2.70 bits per heavy atom. The van der Waals surface area contributed by atoms with E-state index in [4.69, 9.17) is 0 Å². The molecule has 0 aliphatic carbocycles. The van der Waals surface area contributed by atoms with Gasteiger partial charge in [0, 0.05) is 13.1 Å². The van der Waals surface area contributed by atoms with Gasteiger partial charge in [-0.3, -0.25) is 4.90 Å². The van der Waals surface area contributed by atoms with Crippen molar-refractivity contribution < 1.29 is 10.2 Å². The number of rotatable bonds is 5. The molecule has 0 fully saturated rings. The molecule has 0 aromatic heterocycles. The van der Waals surface area contributed by atoms with Gasteiger partial charge in [-0.1, -0.05) is 37.0 Å². The van der Waals surface area contributed by atoms with Crippen molar-refractivity contribution in [1.82, 2.24) is 4.90 Å². The molecule has 1 aromatic rings. The van der Waals surface area contributed by atoms with E-state index in [1.807, 2.05) is 18.2 Å². The first-order valence-corrected chi connectivity index (χ1v) is 6.81. The normalized spacial score (nSPS) is 11.7. The molecule has 0 radical (unpaired) electrons. The first kappa shape index (κ1) is 16.3. The van der Waals surface area contributed by atoms with Gasteiger partial charge in [0.15, 0.2) is 0 Å². The van der Waals surface area contributed by atoms with E-state index in [2.05, 4.69) is 23.7 Å². The van der Waals surface area contributed by atoms with Crippen LogP contribution in [0.1, 0.15) is 26.3 Å². The van der Waals surface area contributed by atoms with E-state index in [0.29, 0.717) is 5.75 Å². The summed E-state index contributed by atoms with van der Waals surface area (Å²) < 4.78 is 0. The number of phenolic OH excluding ortho intramolecular Hbond substituents is 1. The lowest BCUT2D eigenvalue weighted by molar-refractivity contribution is 0.143. The van der Waals surface area contributed by atoms with E-state index in [0.717, 1.165) is 25.2 Å². The Bertz CT molecular complexity index is 504. The Kier molecular flexibility index (Phi) is 6.30. The van der Waals surface area contributed by atoms with Crippen molar-refractivity contribution in [2.75, 3.05) is 13.1 Å². The van der Waals surface area contributed by atoms with Crippen LogP contribution in [0.5, 0.6) is 5.75 Å². The van der Waals surface area contributed by atoms with Crippen molar-refractivity contribution in [2.45, 2.75) is 32.9 Å². The van der Waals surface area contributed by atoms with E-state index in [9.17, 15) is 10.2 Å². The summed E-state index contributed by atoms with van der Waals surface area (Å²) in [5.41, 5.74) is 0.138. The van der Waals surface area contributed by atoms with Crippen molar-refractivity contribution in [3.05, 3.63) is 42.0 Å². The van der Waals surface area contributed by atoms with Gasteiger partial charge < -0.3 is 10.2 Å². The van der Waals surface area contributed by atoms with Crippen LogP contribution in [0.15, 0.2) is 36.4 Å². The van der Waals surface area contributed by atoms with Crippen molar-refractivity contribution in [3.63, 3.8) is 0 Å². The fraction of sp³-hybridized carbons (Fsp3) is 0.412. The summed E-state index contributed by atoms with van der Waals surface area (Å²) in [4.78, 5) is 2.23. The molecule has 0 spiro atoms. The Balaban J connectivity index is 2.51. The molecule has 0 aliphatic rings. The molecule has 108 valence electrons. The standard InChI is InChI=1S/C17H23NO2/c1-4-18(12-7-5-6-11-17(2,3)20)14-15-9-8-10-16(19)13-15/h5,7-10,13,19-20H,4,12,14H2,1-3H3/b7-5+. The zero-order chi connectivity index (χ0) is 15.0. The molecule has 1 rings (SSSR count). The third-order valence-corrected chi connectivity index (χ3v) is 2.71. The monoisotopic (exact) mass is 273 g/mol. The van der Waals surface area contributed by atoms with Crippen LogP contribution in [0.3, 0.4) is 0 Å². The molecule has 20 heavy (non-hydrogen) atoms. The topological polar surface area (TPSA) is 43.7 Å². The maximum Gasteiger partial charge on any atom is 0.120 e. The second kappa shape index (κ2) is 7.74. The molecule has 3 heteroatoms. The number of hydrogen-bond donors (Lipinski definition) is 2. The molecule has 0 saturated carbocycles. The average Bonchev–Trinajstić information content (AvgIpc) is 2.35. The zero-order valence-corrected chi connectivity index (χ0v) is 12.4. The van der Waals surface area contributed by atoms with Crippen molar-refractivity contribution in [3.8, 4) is 17.6 Å². The lowest BCUT2D eigenvalue weighted by Gasteiger charge is -2.18. The molecule has 0 amide bonds. The fourth-order valence-electron chi connectivity index (χ4n) is 1.70. The predicted molar refractivity (Wildman–Crippen MR) is 82.3 cm³/mol. The Morgan fingerprint density at radius 1 is 1.35 bits per heavy atom. The average molecular weight is 273 g/mol. The summed E-state index contributed by atoms with van der Waals surface area (Å²) in [7, 11) is 0. The minimum Gasteiger partial charge on any atom is -0.508 e. The van der Waals surface area contributed by atoms with Crippen molar-refractivity contribution >= 4 is 0 Å². The first-order valence-electron chi connectivity index (χ1n) is 6.81. The molecule has 1 aromatic carbocycles. The lowest BCUT2D eigenvalue weighted by atomic mass is 10.1. The number of phenols is 1. The molecule has 0 heterocycles. The lowest BCUT2D eigenvalue weighted by Crippen LogP contribution is -2.22. The quantitative estimate of drug-likeness (QED) is 0.810. The van der Waals surface area contributed by atoms with Gasteiger partial charge in [-0.05, 0) is 44.2 Å². The summed E-state index contributed by atoms with van der Waals surface area (Å²) >= 11 is 0. The molecule has 2 N–H and O–H groups in total. The van der Waals surface area contributed by atoms with Gasteiger partial charge in [-0.25, -0.2) is 0 Å². The van der Waals surface area contributed by atoms with Gasteiger partial charge in [0.05, 0.1) is 0 Å². The van der Waals surface area contributed by atoms with E-state index in [1.165, 1.54) is 0 Å². The maximum atomic E-state index is 9.45. The summed E-state index contributed by atoms with van der Waals surface area (Å²) in [6.45, 7) is 7.90. The van der Waals surface area contributed by atoms with E-state index in [1.54, 1.807) is 32.1 Å². The van der Waals surface area contributed by atoms with Gasteiger partial charge in [0.2, 0.25) is 0 Å². The van der Waals surface area contributed by atoms with Crippen LogP contribution >= 0.6 is 0 Å².